The lowest BCUT2D eigenvalue weighted by atomic mass is 10.0. The molecule has 2 aliphatic rings. The minimum Gasteiger partial charge on any atom is -0.356 e. The van der Waals surface area contributed by atoms with Crippen molar-refractivity contribution >= 4 is 39.8 Å². The first-order valence-corrected chi connectivity index (χ1v) is 10.7. The molecule has 1 aromatic rings. The van der Waals surface area contributed by atoms with E-state index in [1.54, 1.807) is 0 Å². The molecule has 3 rings (SSSR count). The highest BCUT2D eigenvalue weighted by Gasteiger charge is 2.28. The first-order chi connectivity index (χ1) is 11.9. The van der Waals surface area contributed by atoms with Crippen LogP contribution in [0.2, 0.25) is 0 Å². The molecule has 1 aromatic carbocycles. The molecule has 1 N–H and O–H groups in total. The van der Waals surface area contributed by atoms with Gasteiger partial charge in [-0.3, -0.25) is 0 Å². The third-order valence-corrected chi connectivity index (χ3v) is 6.64. The van der Waals surface area contributed by atoms with Crippen molar-refractivity contribution < 1.29 is 8.42 Å². The minimum atomic E-state index is -2.84. The fourth-order valence-electron chi connectivity index (χ4n) is 3.42. The lowest BCUT2D eigenvalue weighted by Gasteiger charge is -2.32. The Kier molecular flexibility index (Phi) is 7.52. The van der Waals surface area contributed by atoms with E-state index < -0.39 is 9.84 Å². The van der Waals surface area contributed by atoms with Crippen LogP contribution in [0.15, 0.2) is 41.4 Å². The molecular weight excluding hydrogens is 461 g/mol. The monoisotopic (exact) mass is 489 g/mol. The molecule has 0 bridgehead atoms. The number of aliphatic imine (C=N–C) groups is 1. The van der Waals surface area contributed by atoms with Gasteiger partial charge < -0.3 is 10.2 Å². The number of nitrogens with zero attached hydrogens (tertiary/aromatic N) is 2. The summed E-state index contributed by atoms with van der Waals surface area (Å²) in [7, 11) is -2.84. The topological polar surface area (TPSA) is 61.8 Å². The molecule has 0 spiro atoms. The number of halogens is 1. The normalized spacial score (nSPS) is 21.7. The Morgan fingerprint density at radius 2 is 2.08 bits per heavy atom. The Balaban J connectivity index is 0.00000243. The lowest BCUT2D eigenvalue weighted by molar-refractivity contribution is 0.374. The predicted molar refractivity (Wildman–Crippen MR) is 118 cm³/mol. The van der Waals surface area contributed by atoms with Crippen LogP contribution >= 0.6 is 24.0 Å². The second-order valence-corrected chi connectivity index (χ2v) is 9.42. The van der Waals surface area contributed by atoms with Crippen LogP contribution in [0.3, 0.4) is 0 Å². The first kappa shape index (κ1) is 21.2. The van der Waals surface area contributed by atoms with Gasteiger partial charge in [-0.25, -0.2) is 13.4 Å². The minimum absolute atomic E-state index is 0. The highest BCUT2D eigenvalue weighted by atomic mass is 127. The summed E-state index contributed by atoms with van der Waals surface area (Å²) < 4.78 is 23.3. The van der Waals surface area contributed by atoms with Crippen LogP contribution in [0.1, 0.15) is 24.5 Å². The average Bonchev–Trinajstić information content (AvgIpc) is 2.93. The lowest BCUT2D eigenvalue weighted by Crippen LogP contribution is -2.45. The zero-order valence-corrected chi connectivity index (χ0v) is 18.4. The summed E-state index contributed by atoms with van der Waals surface area (Å²) in [5.41, 5.74) is 3.75. The smallest absolute Gasteiger partial charge is 0.194 e. The molecule has 0 aliphatic carbocycles. The Hall–Kier alpha value is -1.09. The fourth-order valence-corrected chi connectivity index (χ4v) is 5.28. The molecule has 144 valence electrons. The second-order valence-electron chi connectivity index (χ2n) is 7.19. The number of nitrogens with one attached hydrogen (secondary N) is 1. The van der Waals surface area contributed by atoms with E-state index in [1.165, 1.54) is 11.1 Å². The standard InChI is InChI=1S/C19H27N3O2S.HI/c1-15(2)11-20-19(21-12-16-8-10-25(23,24)14-16)22-9-7-17-5-3-4-6-18(17)13-22;/h3-6,16H,1,7-14H2,2H3,(H,20,21);1H. The summed E-state index contributed by atoms with van der Waals surface area (Å²) >= 11 is 0. The van der Waals surface area contributed by atoms with Crippen molar-refractivity contribution in [2.75, 3.05) is 31.1 Å². The molecule has 5 nitrogen and oxygen atoms in total. The van der Waals surface area contributed by atoms with Gasteiger partial charge in [0.2, 0.25) is 0 Å². The van der Waals surface area contributed by atoms with Gasteiger partial charge in [-0.05, 0) is 36.8 Å². The van der Waals surface area contributed by atoms with Gasteiger partial charge in [-0.2, -0.15) is 0 Å². The van der Waals surface area contributed by atoms with Gasteiger partial charge in [-0.15, -0.1) is 24.0 Å². The molecule has 1 atom stereocenters. The molecule has 1 fully saturated rings. The summed E-state index contributed by atoms with van der Waals surface area (Å²) in [6.45, 7) is 8.90. The molecule has 7 heteroatoms. The van der Waals surface area contributed by atoms with Gasteiger partial charge in [0.05, 0.1) is 18.1 Å². The van der Waals surface area contributed by atoms with Crippen LogP contribution in [-0.4, -0.2) is 50.4 Å². The Morgan fingerprint density at radius 3 is 2.73 bits per heavy atom. The summed E-state index contributed by atoms with van der Waals surface area (Å²) in [4.78, 5) is 6.96. The zero-order chi connectivity index (χ0) is 17.9. The van der Waals surface area contributed by atoms with Crippen LogP contribution in [0.5, 0.6) is 0 Å². The molecule has 2 heterocycles. The van der Waals surface area contributed by atoms with E-state index in [9.17, 15) is 8.42 Å². The summed E-state index contributed by atoms with van der Waals surface area (Å²) in [6.07, 6.45) is 1.74. The largest absolute Gasteiger partial charge is 0.356 e. The second kappa shape index (κ2) is 9.21. The van der Waals surface area contributed by atoms with Gasteiger partial charge in [0.15, 0.2) is 15.8 Å². The van der Waals surface area contributed by atoms with E-state index in [2.05, 4.69) is 41.1 Å². The SMILES string of the molecule is C=C(C)CN=C(NCC1CCS(=O)(=O)C1)N1CCc2ccccc2C1.I. The Bertz CT molecular complexity index is 777. The Labute approximate surface area is 173 Å². The third-order valence-electron chi connectivity index (χ3n) is 4.80. The van der Waals surface area contributed by atoms with Gasteiger partial charge in [0.1, 0.15) is 0 Å². The van der Waals surface area contributed by atoms with Gasteiger partial charge in [0.25, 0.3) is 0 Å². The summed E-state index contributed by atoms with van der Waals surface area (Å²) in [6, 6.07) is 8.52. The van der Waals surface area contributed by atoms with Crippen molar-refractivity contribution in [2.24, 2.45) is 10.9 Å². The number of rotatable bonds is 4. The van der Waals surface area contributed by atoms with Gasteiger partial charge >= 0.3 is 0 Å². The third kappa shape index (κ3) is 5.70. The van der Waals surface area contributed by atoms with E-state index in [0.717, 1.165) is 37.5 Å². The van der Waals surface area contributed by atoms with Crippen LogP contribution in [0.25, 0.3) is 0 Å². The summed E-state index contributed by atoms with van der Waals surface area (Å²) in [5.74, 6) is 1.64. The molecule has 2 aliphatic heterocycles. The molecule has 26 heavy (non-hydrogen) atoms. The van der Waals surface area contributed by atoms with Crippen molar-refractivity contribution in [3.63, 3.8) is 0 Å². The molecular formula is C19H28IN3O2S. The van der Waals surface area contributed by atoms with Gasteiger partial charge in [0, 0.05) is 19.6 Å². The number of fused-ring (bicyclic) bond motifs is 1. The van der Waals surface area contributed by atoms with E-state index in [1.807, 2.05) is 6.92 Å². The maximum Gasteiger partial charge on any atom is 0.194 e. The van der Waals surface area contributed by atoms with E-state index in [0.29, 0.717) is 18.8 Å². The number of hydrogen-bond acceptors (Lipinski definition) is 3. The molecule has 0 saturated carbocycles. The highest BCUT2D eigenvalue weighted by Crippen LogP contribution is 2.20. The van der Waals surface area contributed by atoms with Gasteiger partial charge in [-0.1, -0.05) is 36.4 Å². The van der Waals surface area contributed by atoms with Crippen molar-refractivity contribution in [2.45, 2.75) is 26.3 Å². The summed E-state index contributed by atoms with van der Waals surface area (Å²) in [5, 5.41) is 3.43. The number of guanidine groups is 1. The number of hydrogen-bond donors (Lipinski definition) is 1. The zero-order valence-electron chi connectivity index (χ0n) is 15.3. The van der Waals surface area contributed by atoms with Crippen molar-refractivity contribution in [3.8, 4) is 0 Å². The molecule has 1 saturated heterocycles. The van der Waals surface area contributed by atoms with E-state index >= 15 is 0 Å². The van der Waals surface area contributed by atoms with E-state index in [4.69, 9.17) is 4.99 Å². The van der Waals surface area contributed by atoms with Crippen molar-refractivity contribution in [1.29, 1.82) is 0 Å². The van der Waals surface area contributed by atoms with Crippen molar-refractivity contribution in [1.82, 2.24) is 10.2 Å². The molecule has 0 aromatic heterocycles. The van der Waals surface area contributed by atoms with Crippen LogP contribution in [-0.2, 0) is 22.8 Å². The van der Waals surface area contributed by atoms with Crippen LogP contribution in [0.4, 0.5) is 0 Å². The average molecular weight is 489 g/mol. The Morgan fingerprint density at radius 1 is 1.35 bits per heavy atom. The quantitative estimate of drug-likeness (QED) is 0.306. The highest BCUT2D eigenvalue weighted by molar-refractivity contribution is 14.0. The molecule has 0 amide bonds. The molecule has 0 radical (unpaired) electrons. The van der Waals surface area contributed by atoms with E-state index in [-0.39, 0.29) is 35.6 Å². The van der Waals surface area contributed by atoms with Crippen LogP contribution < -0.4 is 5.32 Å². The number of benzene rings is 1. The predicted octanol–water partition coefficient (Wildman–Crippen LogP) is 2.62. The number of sulfone groups is 1. The fraction of sp³-hybridized carbons (Fsp3) is 0.526. The maximum absolute atomic E-state index is 11.7. The maximum atomic E-state index is 11.7. The van der Waals surface area contributed by atoms with Crippen molar-refractivity contribution in [3.05, 3.63) is 47.5 Å². The van der Waals surface area contributed by atoms with Crippen LogP contribution in [0, 0.1) is 5.92 Å². The first-order valence-electron chi connectivity index (χ1n) is 8.88. The molecule has 1 unspecified atom stereocenters.